The maximum atomic E-state index is 12.3. The molecule has 1 aromatic rings. The van der Waals surface area contributed by atoms with Crippen molar-refractivity contribution >= 4 is 21.6 Å². The number of rotatable bonds is 5. The molecule has 1 aliphatic carbocycles. The van der Waals surface area contributed by atoms with Crippen molar-refractivity contribution in [3.05, 3.63) is 65.1 Å². The maximum Gasteiger partial charge on any atom is 0.282 e. The first-order valence-electron chi connectivity index (χ1n) is 6.94. The summed E-state index contributed by atoms with van der Waals surface area (Å²) >= 11 is 0. The van der Waals surface area contributed by atoms with Crippen molar-refractivity contribution < 1.29 is 13.7 Å². The van der Waals surface area contributed by atoms with E-state index in [2.05, 4.69) is 16.6 Å². The van der Waals surface area contributed by atoms with Gasteiger partial charge in [0.05, 0.1) is 17.2 Å². The zero-order chi connectivity index (χ0) is 16.0. The fourth-order valence-electron chi connectivity index (χ4n) is 1.94. The van der Waals surface area contributed by atoms with E-state index in [1.54, 1.807) is 36.4 Å². The van der Waals surface area contributed by atoms with Gasteiger partial charge in [0.15, 0.2) is 0 Å². The molecule has 0 unspecified atom stereocenters. The van der Waals surface area contributed by atoms with Crippen molar-refractivity contribution in [2.24, 2.45) is 4.40 Å². The summed E-state index contributed by atoms with van der Waals surface area (Å²) in [6, 6.07) is 6.66. The van der Waals surface area contributed by atoms with Crippen LogP contribution in [0, 0.1) is 0 Å². The average Bonchev–Trinajstić information content (AvgIpc) is 2.53. The molecule has 2 rings (SSSR count). The van der Waals surface area contributed by atoms with Crippen LogP contribution in [0.2, 0.25) is 0 Å². The summed E-state index contributed by atoms with van der Waals surface area (Å²) in [7, 11) is -3.82. The second kappa shape index (κ2) is 7.13. The minimum Gasteiger partial charge on any atom is -0.763 e. The van der Waals surface area contributed by atoms with Crippen LogP contribution in [0.15, 0.2) is 63.4 Å². The number of nitrogens with two attached hydrogens (primary N) is 1. The van der Waals surface area contributed by atoms with E-state index in [1.165, 1.54) is 12.2 Å². The third kappa shape index (κ3) is 3.89. The van der Waals surface area contributed by atoms with Crippen LogP contribution >= 0.6 is 0 Å². The number of sulfonamides is 1. The smallest absolute Gasteiger partial charge is 0.282 e. The lowest BCUT2D eigenvalue weighted by Gasteiger charge is -2.07. The normalized spacial score (nSPS) is 16.0. The van der Waals surface area contributed by atoms with Crippen molar-refractivity contribution in [1.29, 1.82) is 0 Å². The summed E-state index contributed by atoms with van der Waals surface area (Å²) in [4.78, 5) is 0.125. The van der Waals surface area contributed by atoms with Crippen molar-refractivity contribution in [3.8, 4) is 0 Å². The minimum absolute atomic E-state index is 0.125. The predicted octanol–water partition coefficient (Wildman–Crippen LogP) is 1.19. The van der Waals surface area contributed by atoms with Crippen molar-refractivity contribution in [2.75, 3.05) is 6.54 Å². The Morgan fingerprint density at radius 2 is 1.86 bits per heavy atom. The monoisotopic (exact) mass is 315 g/mol. The van der Waals surface area contributed by atoms with Gasteiger partial charge in [-0.2, -0.15) is 12.8 Å². The Balaban J connectivity index is 2.29. The highest BCUT2D eigenvalue weighted by Crippen LogP contribution is 2.16. The van der Waals surface area contributed by atoms with Gasteiger partial charge in [0, 0.05) is 11.1 Å². The fourth-order valence-corrected chi connectivity index (χ4v) is 2.94. The number of benzene rings is 1. The Morgan fingerprint density at radius 3 is 2.50 bits per heavy atom. The standard InChI is InChI=1S/C16H16N3O2S/c1-2-18-12-13-7-9-15(10-8-13)22(20,21)19-16-6-4-3-5-14(16)11-17/h3-10,18H,2,12H2,1H3/q-1/p+1/b19-16-. The molecule has 22 heavy (non-hydrogen) atoms. The molecule has 114 valence electrons. The van der Waals surface area contributed by atoms with E-state index in [-0.39, 0.29) is 16.2 Å². The summed E-state index contributed by atoms with van der Waals surface area (Å²) in [5.41, 5.74) is 1.45. The van der Waals surface area contributed by atoms with Gasteiger partial charge in [-0.05, 0) is 31.2 Å². The highest BCUT2D eigenvalue weighted by Gasteiger charge is 2.15. The maximum absolute atomic E-state index is 12.3. The average molecular weight is 315 g/mol. The molecule has 0 saturated heterocycles. The molecule has 1 aromatic carbocycles. The topological polar surface area (TPSA) is 85.4 Å². The molecule has 0 radical (unpaired) electrons. The van der Waals surface area contributed by atoms with Gasteiger partial charge in [-0.15, -0.1) is 0 Å². The molecular formula is C16H17N3O2S. The lowest BCUT2D eigenvalue weighted by molar-refractivity contribution is -0.667. The van der Waals surface area contributed by atoms with Gasteiger partial charge < -0.3 is 10.7 Å². The molecule has 0 heterocycles. The van der Waals surface area contributed by atoms with Crippen LogP contribution < -0.4 is 5.32 Å². The Labute approximate surface area is 130 Å². The largest absolute Gasteiger partial charge is 0.763 e. The minimum atomic E-state index is -3.82. The molecule has 0 spiro atoms. The van der Waals surface area contributed by atoms with Crippen LogP contribution in [-0.4, -0.2) is 26.5 Å². The second-order valence-electron chi connectivity index (χ2n) is 4.74. The molecule has 2 N–H and O–H groups in total. The van der Waals surface area contributed by atoms with E-state index < -0.39 is 10.0 Å². The van der Waals surface area contributed by atoms with Gasteiger partial charge in [0.1, 0.15) is 6.54 Å². The number of quaternary nitrogens is 1. The molecule has 1 aliphatic rings. The summed E-state index contributed by atoms with van der Waals surface area (Å²) < 4.78 is 28.4. The molecule has 0 aliphatic heterocycles. The number of allylic oxidation sites excluding steroid dienone is 5. The van der Waals surface area contributed by atoms with Gasteiger partial charge in [-0.3, -0.25) is 5.87 Å². The lowest BCUT2D eigenvalue weighted by Crippen LogP contribution is -2.81. The molecule has 0 fully saturated rings. The number of hydrogen-bond donors (Lipinski definition) is 1. The zero-order valence-electron chi connectivity index (χ0n) is 12.2. The van der Waals surface area contributed by atoms with Gasteiger partial charge in [0.25, 0.3) is 10.0 Å². The van der Waals surface area contributed by atoms with Crippen molar-refractivity contribution in [2.45, 2.75) is 18.4 Å². The van der Waals surface area contributed by atoms with Crippen LogP contribution in [0.25, 0.3) is 5.41 Å². The van der Waals surface area contributed by atoms with Crippen LogP contribution in [-0.2, 0) is 16.6 Å². The third-order valence-electron chi connectivity index (χ3n) is 3.13. The molecule has 5 nitrogen and oxygen atoms in total. The van der Waals surface area contributed by atoms with E-state index in [9.17, 15) is 8.42 Å². The molecule has 0 bridgehead atoms. The third-order valence-corrected chi connectivity index (χ3v) is 4.44. The molecular weight excluding hydrogens is 298 g/mol. The summed E-state index contributed by atoms with van der Waals surface area (Å²) in [6.45, 7) is 3.84. The fraction of sp³-hybridized carbons (Fsp3) is 0.188. The predicted molar refractivity (Wildman–Crippen MR) is 87.4 cm³/mol. The van der Waals surface area contributed by atoms with Crippen molar-refractivity contribution in [3.63, 3.8) is 0 Å². The van der Waals surface area contributed by atoms with Gasteiger partial charge in [-0.1, -0.05) is 24.3 Å². The van der Waals surface area contributed by atoms with Gasteiger partial charge >= 0.3 is 0 Å². The van der Waals surface area contributed by atoms with E-state index in [1.807, 2.05) is 5.87 Å². The highest BCUT2D eigenvalue weighted by molar-refractivity contribution is 7.90. The Kier molecular flexibility index (Phi) is 5.22. The van der Waals surface area contributed by atoms with E-state index in [0.717, 1.165) is 18.7 Å². The van der Waals surface area contributed by atoms with Gasteiger partial charge in [-0.25, -0.2) is 0 Å². The van der Waals surface area contributed by atoms with E-state index in [0.29, 0.717) is 0 Å². The van der Waals surface area contributed by atoms with E-state index in [4.69, 9.17) is 5.41 Å². The van der Waals surface area contributed by atoms with E-state index >= 15 is 0 Å². The Morgan fingerprint density at radius 1 is 1.18 bits per heavy atom. The first-order chi connectivity index (χ1) is 10.6. The van der Waals surface area contributed by atoms with Gasteiger partial charge in [0.2, 0.25) is 0 Å². The van der Waals surface area contributed by atoms with Crippen LogP contribution in [0.5, 0.6) is 0 Å². The molecule has 6 heteroatoms. The first-order valence-corrected chi connectivity index (χ1v) is 8.38. The SMILES string of the molecule is CC[NH2+]Cc1ccc(S(=O)(=O)/N=C2/C=CC=CC2=C=[N-])cc1. The van der Waals surface area contributed by atoms with Crippen molar-refractivity contribution in [1.82, 2.24) is 0 Å². The molecule has 0 saturated carbocycles. The second-order valence-corrected chi connectivity index (χ2v) is 6.34. The number of nitrogens with zero attached hydrogens (tertiary/aromatic N) is 2. The van der Waals surface area contributed by atoms with Crippen LogP contribution in [0.1, 0.15) is 12.5 Å². The zero-order valence-corrected chi connectivity index (χ0v) is 13.0. The molecule has 0 amide bonds. The van der Waals surface area contributed by atoms with Crippen LogP contribution in [0.4, 0.5) is 0 Å². The highest BCUT2D eigenvalue weighted by atomic mass is 32.2. The quantitative estimate of drug-likeness (QED) is 0.828. The Hall–Kier alpha value is -2.27. The first kappa shape index (κ1) is 16.1. The Bertz CT molecular complexity index is 781. The van der Waals surface area contributed by atoms with Crippen LogP contribution in [0.3, 0.4) is 0 Å². The lowest BCUT2D eigenvalue weighted by atomic mass is 10.1. The summed E-state index contributed by atoms with van der Waals surface area (Å²) in [6.07, 6.45) is 6.38. The summed E-state index contributed by atoms with van der Waals surface area (Å²) in [5.74, 6) is 1.94. The molecule has 0 aromatic heterocycles. The number of hydrogen-bond acceptors (Lipinski definition) is 2. The summed E-state index contributed by atoms with van der Waals surface area (Å²) in [5, 5.41) is 11.1. The molecule has 0 atom stereocenters.